The highest BCUT2D eigenvalue weighted by molar-refractivity contribution is 7.47. The highest BCUT2D eigenvalue weighted by Crippen LogP contribution is 2.42. The summed E-state index contributed by atoms with van der Waals surface area (Å²) < 4.78 is 45.4. The van der Waals surface area contributed by atoms with Crippen molar-refractivity contribution in [1.29, 1.82) is 0 Å². The van der Waals surface area contributed by atoms with E-state index in [1.807, 2.05) is 6.82 Å². The van der Waals surface area contributed by atoms with Gasteiger partial charge in [-0.15, -0.1) is 0 Å². The van der Waals surface area contributed by atoms with Gasteiger partial charge in [0, 0.05) is 31.6 Å². The van der Waals surface area contributed by atoms with Crippen LogP contribution in [-0.2, 0) is 36.8 Å². The zero-order valence-electron chi connectivity index (χ0n) is 24.6. The van der Waals surface area contributed by atoms with Gasteiger partial charge in [0.15, 0.2) is 0 Å². The van der Waals surface area contributed by atoms with E-state index in [1.54, 1.807) is 4.90 Å². The van der Waals surface area contributed by atoms with Gasteiger partial charge in [0.2, 0.25) is 11.8 Å². The number of fused-ring (bicyclic) bond motifs is 1. The van der Waals surface area contributed by atoms with Crippen LogP contribution in [0.5, 0.6) is 0 Å². The molecule has 3 heterocycles. The number of hydrogen-bond donors (Lipinski definition) is 9. The summed E-state index contributed by atoms with van der Waals surface area (Å²) in [7, 11) is -5.79. The second-order valence-corrected chi connectivity index (χ2v) is 13.7. The molecular formula is C22H46BN7O11P2. The van der Waals surface area contributed by atoms with Crippen molar-refractivity contribution in [3.05, 3.63) is 0 Å². The number of nitrogens with one attached hydrogen (secondary N) is 5. The number of amides is 2. The van der Waals surface area contributed by atoms with Gasteiger partial charge in [0.1, 0.15) is 37.9 Å². The first kappa shape index (κ1) is 36.5. The van der Waals surface area contributed by atoms with Gasteiger partial charge in [0.05, 0.1) is 38.3 Å². The molecule has 0 bridgehead atoms. The Hall–Kier alpha value is -1.02. The number of carbonyl (C=O) groups excluding carboxylic acids is 2. The zero-order valence-corrected chi connectivity index (χ0v) is 26.6. The van der Waals surface area contributed by atoms with E-state index in [2.05, 4.69) is 26.6 Å². The Morgan fingerprint density at radius 1 is 1.14 bits per heavy atom. The molecule has 0 saturated carbocycles. The Morgan fingerprint density at radius 3 is 2.58 bits per heavy atom. The van der Waals surface area contributed by atoms with Crippen LogP contribution in [0.1, 0.15) is 20.3 Å². The van der Waals surface area contributed by atoms with E-state index in [4.69, 9.17) is 23.8 Å². The maximum Gasteiger partial charge on any atom is 0.326 e. The average molecular weight is 657 g/mol. The summed E-state index contributed by atoms with van der Waals surface area (Å²) in [6, 6.07) is -0.159. The second-order valence-electron chi connectivity index (χ2n) is 11.3. The summed E-state index contributed by atoms with van der Waals surface area (Å²) in [5.74, 6) is -0.951. The molecule has 21 heteroatoms. The molecule has 3 rings (SSSR count). The number of nitrogens with two attached hydrogens (primary N) is 1. The molecular weight excluding hydrogens is 611 g/mol. The lowest BCUT2D eigenvalue weighted by Crippen LogP contribution is -2.68. The van der Waals surface area contributed by atoms with E-state index in [1.165, 1.54) is 13.8 Å². The lowest BCUT2D eigenvalue weighted by atomic mass is 9.78. The summed E-state index contributed by atoms with van der Waals surface area (Å²) in [5, 5.41) is 46.2. The molecule has 18 nitrogen and oxygen atoms in total. The zero-order chi connectivity index (χ0) is 31.7. The minimum atomic E-state index is -3.37. The number of aliphatic hydroxyl groups excluding tert-OH is 3. The molecule has 3 aliphatic rings. The van der Waals surface area contributed by atoms with Gasteiger partial charge in [-0.1, -0.05) is 27.0 Å². The number of aliphatic hydroxyl groups is 3. The van der Waals surface area contributed by atoms with Crippen LogP contribution >= 0.6 is 16.5 Å². The van der Waals surface area contributed by atoms with Gasteiger partial charge in [-0.05, 0) is 0 Å². The van der Waals surface area contributed by atoms with E-state index < -0.39 is 65.1 Å². The Morgan fingerprint density at radius 2 is 1.86 bits per heavy atom. The maximum absolute atomic E-state index is 12.3. The Labute approximate surface area is 252 Å². The molecule has 10 N–H and O–H groups in total. The SMILES string of the molecule is CBCCNC(=O)CCNC(=O)[C@H](O)C(C)(C)CO[PH](=O)O[PH](=O)OC[C@H]1O[C@@H](N2CNC3C2NCN[C@@H]3N)C(O)C1O. The first-order valence-electron chi connectivity index (χ1n) is 14.3. The van der Waals surface area contributed by atoms with Crippen molar-refractivity contribution < 1.29 is 52.1 Å². The van der Waals surface area contributed by atoms with Crippen molar-refractivity contribution in [3.63, 3.8) is 0 Å². The van der Waals surface area contributed by atoms with Gasteiger partial charge in [-0.2, -0.15) is 0 Å². The lowest BCUT2D eigenvalue weighted by molar-refractivity contribution is -0.136. The predicted octanol–water partition coefficient (Wildman–Crippen LogP) is -3.83. The number of nitrogens with zero attached hydrogens (tertiary/aromatic N) is 1. The molecule has 0 aromatic carbocycles. The molecule has 3 aliphatic heterocycles. The third kappa shape index (κ3) is 10.2. The molecule has 3 fully saturated rings. The van der Waals surface area contributed by atoms with Crippen molar-refractivity contribution in [2.45, 2.75) is 82.4 Å². The van der Waals surface area contributed by atoms with Crippen LogP contribution in [0.15, 0.2) is 0 Å². The van der Waals surface area contributed by atoms with Gasteiger partial charge in [-0.3, -0.25) is 34.7 Å². The molecule has 0 spiro atoms. The molecule has 0 aromatic heterocycles. The smallest absolute Gasteiger partial charge is 0.326 e. The summed E-state index contributed by atoms with van der Waals surface area (Å²) >= 11 is 0. The minimum absolute atomic E-state index is 0.0273. The number of carbonyl (C=O) groups is 2. The Kier molecular flexibility index (Phi) is 14.5. The van der Waals surface area contributed by atoms with E-state index >= 15 is 0 Å². The molecule has 0 aromatic rings. The van der Waals surface area contributed by atoms with E-state index in [-0.39, 0.29) is 43.9 Å². The maximum atomic E-state index is 12.3. The van der Waals surface area contributed by atoms with Crippen LogP contribution < -0.4 is 32.3 Å². The van der Waals surface area contributed by atoms with Crippen LogP contribution in [0.4, 0.5) is 0 Å². The first-order chi connectivity index (χ1) is 20.4. The highest BCUT2D eigenvalue weighted by Gasteiger charge is 2.51. The van der Waals surface area contributed by atoms with Crippen LogP contribution in [0.2, 0.25) is 13.1 Å². The van der Waals surface area contributed by atoms with Gasteiger partial charge in [0.25, 0.3) is 0 Å². The molecule has 10 atom stereocenters. The highest BCUT2D eigenvalue weighted by atomic mass is 31.2. The molecule has 0 aliphatic carbocycles. The quantitative estimate of drug-likeness (QED) is 0.0413. The number of hydrogen-bond acceptors (Lipinski definition) is 16. The van der Waals surface area contributed by atoms with E-state index in [0.717, 1.165) is 13.6 Å². The second kappa shape index (κ2) is 17.1. The number of rotatable bonds is 17. The van der Waals surface area contributed by atoms with Crippen molar-refractivity contribution in [3.8, 4) is 0 Å². The molecule has 2 amide bonds. The average Bonchev–Trinajstić information content (AvgIpc) is 3.51. The topological polar surface area (TPSA) is 255 Å². The molecule has 43 heavy (non-hydrogen) atoms. The standard InChI is InChI=1S/C22H46BN7O11P2/c1-22(2,17(34)20(35)26-6-4-13(31)25-7-5-23-3)9-39-43(37)41-42(36)38-8-12-15(32)16(33)21(40-12)30-11-29-14-18(24)27-10-28-19(14)30/h12,14-19,21,23,27-29,32-34,42-43H,4-11,24H2,1-3H3,(H,25,31)(H,26,35)/t12-,14?,15?,16?,17+,18+,19?,21-/m1/s1. The third-order valence-corrected chi connectivity index (χ3v) is 9.61. The third-order valence-electron chi connectivity index (χ3n) is 7.49. The summed E-state index contributed by atoms with van der Waals surface area (Å²) in [6.07, 6.45) is -5.83. The van der Waals surface area contributed by atoms with Crippen LogP contribution in [0, 0.1) is 5.41 Å². The molecule has 3 saturated heterocycles. The molecule has 248 valence electrons. The Balaban J connectivity index is 1.36. The number of ether oxygens (including phenoxy) is 1. The van der Waals surface area contributed by atoms with Crippen molar-refractivity contribution in [2.75, 3.05) is 39.6 Å². The molecule has 0 radical (unpaired) electrons. The monoisotopic (exact) mass is 657 g/mol. The normalized spacial score (nSPS) is 31.7. The summed E-state index contributed by atoms with van der Waals surface area (Å²) in [5.41, 5.74) is 4.86. The first-order valence-corrected chi connectivity index (χ1v) is 16.8. The molecule has 6 unspecified atom stereocenters. The largest absolute Gasteiger partial charge is 0.387 e. The van der Waals surface area contributed by atoms with Crippen LogP contribution in [0.3, 0.4) is 0 Å². The predicted molar refractivity (Wildman–Crippen MR) is 156 cm³/mol. The minimum Gasteiger partial charge on any atom is -0.387 e. The van der Waals surface area contributed by atoms with E-state index in [9.17, 15) is 34.0 Å². The summed E-state index contributed by atoms with van der Waals surface area (Å²) in [6.45, 7) is 5.55. The van der Waals surface area contributed by atoms with Gasteiger partial charge in [-0.25, -0.2) is 9.21 Å². The van der Waals surface area contributed by atoms with Gasteiger partial charge < -0.3 is 45.5 Å². The van der Waals surface area contributed by atoms with Gasteiger partial charge >= 0.3 is 16.5 Å². The van der Waals surface area contributed by atoms with Crippen molar-refractivity contribution in [2.24, 2.45) is 11.1 Å². The Bertz CT molecular complexity index is 990. The fourth-order valence-electron chi connectivity index (χ4n) is 4.84. The van der Waals surface area contributed by atoms with Crippen LogP contribution in [-0.4, -0.2) is 128 Å². The van der Waals surface area contributed by atoms with Crippen LogP contribution in [0.25, 0.3) is 0 Å². The lowest BCUT2D eigenvalue weighted by Gasteiger charge is -2.38. The fourth-order valence-corrected chi connectivity index (χ4v) is 6.64. The fraction of sp³-hybridized carbons (Fsp3) is 0.909. The van der Waals surface area contributed by atoms with Crippen molar-refractivity contribution in [1.82, 2.24) is 31.5 Å². The summed E-state index contributed by atoms with van der Waals surface area (Å²) in [4.78, 5) is 25.8. The van der Waals surface area contributed by atoms with Crippen molar-refractivity contribution >= 4 is 35.6 Å². The van der Waals surface area contributed by atoms with E-state index in [0.29, 0.717) is 19.9 Å².